The van der Waals surface area contributed by atoms with Crippen LogP contribution in [-0.4, -0.2) is 31.8 Å². The first-order valence-corrected chi connectivity index (χ1v) is 7.15. The molecule has 5 heteroatoms. The monoisotopic (exact) mass is 297 g/mol. The minimum absolute atomic E-state index is 0.286. The van der Waals surface area contributed by atoms with E-state index in [1.165, 1.54) is 19.2 Å². The highest BCUT2D eigenvalue weighted by Gasteiger charge is 2.32. The maximum atomic E-state index is 13.1. The first-order valence-electron chi connectivity index (χ1n) is 7.15. The van der Waals surface area contributed by atoms with Crippen LogP contribution in [-0.2, 0) is 9.53 Å². The summed E-state index contributed by atoms with van der Waals surface area (Å²) in [4.78, 5) is 11.8. The molecule has 1 atom stereocenters. The molecule has 1 aromatic carbocycles. The van der Waals surface area contributed by atoms with E-state index in [2.05, 4.69) is 5.32 Å². The molecule has 4 nitrogen and oxygen atoms in total. The molecule has 1 N–H and O–H groups in total. The average Bonchev–Trinajstić information content (AvgIpc) is 2.46. The summed E-state index contributed by atoms with van der Waals surface area (Å²) in [5, 5.41) is 3.14. The highest BCUT2D eigenvalue weighted by atomic mass is 19.1. The Kier molecular flexibility index (Phi) is 6.62. The zero-order chi connectivity index (χ0) is 15.9. The van der Waals surface area contributed by atoms with E-state index >= 15 is 0 Å². The van der Waals surface area contributed by atoms with Crippen LogP contribution in [0.2, 0.25) is 0 Å². The fourth-order valence-corrected chi connectivity index (χ4v) is 2.22. The first kappa shape index (κ1) is 17.4. The third kappa shape index (κ3) is 5.01. The molecule has 0 fully saturated rings. The Balaban J connectivity index is 2.51. The first-order chi connectivity index (χ1) is 9.92. The van der Waals surface area contributed by atoms with E-state index in [9.17, 15) is 9.18 Å². The van der Waals surface area contributed by atoms with E-state index < -0.39 is 5.54 Å². The van der Waals surface area contributed by atoms with Crippen molar-refractivity contribution in [2.75, 3.05) is 20.3 Å². The Hall–Kier alpha value is -1.62. The molecule has 0 spiro atoms. The number of hydrogen-bond donors (Lipinski definition) is 1. The number of ether oxygens (including phenoxy) is 2. The van der Waals surface area contributed by atoms with Crippen molar-refractivity contribution in [3.63, 3.8) is 0 Å². The number of aryl methyl sites for hydroxylation is 1. The lowest BCUT2D eigenvalue weighted by Gasteiger charge is -2.27. The normalized spacial score (nSPS) is 13.6. The molecule has 0 saturated heterocycles. The third-order valence-electron chi connectivity index (χ3n) is 3.43. The molecule has 21 heavy (non-hydrogen) atoms. The average molecular weight is 297 g/mol. The lowest BCUT2D eigenvalue weighted by molar-refractivity contribution is -0.148. The molecule has 1 rings (SSSR count). The molecule has 0 radical (unpaired) electrons. The van der Waals surface area contributed by atoms with Gasteiger partial charge < -0.3 is 14.8 Å². The van der Waals surface area contributed by atoms with Gasteiger partial charge in [-0.05, 0) is 44.9 Å². The van der Waals surface area contributed by atoms with Crippen LogP contribution in [0.25, 0.3) is 0 Å². The molecule has 0 aliphatic carbocycles. The second-order valence-electron chi connectivity index (χ2n) is 5.22. The van der Waals surface area contributed by atoms with Gasteiger partial charge in [-0.3, -0.25) is 4.79 Å². The lowest BCUT2D eigenvalue weighted by atomic mass is 9.96. The maximum Gasteiger partial charge on any atom is 0.325 e. The Labute approximate surface area is 125 Å². The second-order valence-corrected chi connectivity index (χ2v) is 5.22. The number of benzene rings is 1. The van der Waals surface area contributed by atoms with Gasteiger partial charge in [-0.2, -0.15) is 0 Å². The van der Waals surface area contributed by atoms with Crippen LogP contribution < -0.4 is 10.1 Å². The molecule has 0 heterocycles. The zero-order valence-electron chi connectivity index (χ0n) is 13.2. The summed E-state index contributed by atoms with van der Waals surface area (Å²) in [6.07, 6.45) is 1.25. The summed E-state index contributed by atoms with van der Waals surface area (Å²) < 4.78 is 23.6. The van der Waals surface area contributed by atoms with Gasteiger partial charge in [0.15, 0.2) is 0 Å². The molecule has 0 aliphatic rings. The Morgan fingerprint density at radius 3 is 2.76 bits per heavy atom. The minimum Gasteiger partial charge on any atom is -0.493 e. The van der Waals surface area contributed by atoms with Crippen molar-refractivity contribution >= 4 is 5.97 Å². The highest BCUT2D eigenvalue weighted by Crippen LogP contribution is 2.20. The number of halogens is 1. The molecule has 0 bridgehead atoms. The molecule has 0 amide bonds. The Bertz CT molecular complexity index is 479. The van der Waals surface area contributed by atoms with E-state index in [0.29, 0.717) is 31.7 Å². The fraction of sp³-hybridized carbons (Fsp3) is 0.562. The summed E-state index contributed by atoms with van der Waals surface area (Å²) in [5.41, 5.74) is 0.169. The molecule has 0 aromatic heterocycles. The van der Waals surface area contributed by atoms with Gasteiger partial charge in [0.1, 0.15) is 17.1 Å². The predicted molar refractivity (Wildman–Crippen MR) is 80.0 cm³/mol. The van der Waals surface area contributed by atoms with Crippen LogP contribution in [0.1, 0.15) is 32.3 Å². The third-order valence-corrected chi connectivity index (χ3v) is 3.43. The van der Waals surface area contributed by atoms with E-state index in [0.717, 1.165) is 5.56 Å². The van der Waals surface area contributed by atoms with Crippen LogP contribution in [0.4, 0.5) is 4.39 Å². The second kappa shape index (κ2) is 7.98. The van der Waals surface area contributed by atoms with Gasteiger partial charge in [-0.1, -0.05) is 13.0 Å². The summed E-state index contributed by atoms with van der Waals surface area (Å²) in [6.45, 7) is 6.72. The number of esters is 1. The van der Waals surface area contributed by atoms with E-state index in [4.69, 9.17) is 9.47 Å². The van der Waals surface area contributed by atoms with Crippen molar-refractivity contribution < 1.29 is 18.7 Å². The molecular weight excluding hydrogens is 273 g/mol. The molecule has 0 aliphatic heterocycles. The van der Waals surface area contributed by atoms with E-state index in [1.54, 1.807) is 6.07 Å². The quantitative estimate of drug-likeness (QED) is 0.592. The Morgan fingerprint density at radius 1 is 1.43 bits per heavy atom. The summed E-state index contributed by atoms with van der Waals surface area (Å²) in [7, 11) is 1.38. The van der Waals surface area contributed by atoms with Gasteiger partial charge >= 0.3 is 5.97 Å². The number of likely N-dealkylation sites (N-methyl/N-ethyl adjacent to an activating group) is 1. The van der Waals surface area contributed by atoms with Crippen molar-refractivity contribution in [2.45, 2.75) is 39.2 Å². The number of rotatable bonds is 8. The van der Waals surface area contributed by atoms with Gasteiger partial charge in [-0.25, -0.2) is 4.39 Å². The van der Waals surface area contributed by atoms with Crippen LogP contribution in [0.5, 0.6) is 5.75 Å². The summed E-state index contributed by atoms with van der Waals surface area (Å²) >= 11 is 0. The van der Waals surface area contributed by atoms with Crippen molar-refractivity contribution in [1.29, 1.82) is 0 Å². The van der Waals surface area contributed by atoms with Crippen molar-refractivity contribution in [3.05, 3.63) is 29.6 Å². The molecular formula is C16H24FNO3. The number of carbonyl (C=O) groups is 1. The molecule has 118 valence electrons. The van der Waals surface area contributed by atoms with E-state index in [1.807, 2.05) is 20.8 Å². The van der Waals surface area contributed by atoms with Crippen LogP contribution >= 0.6 is 0 Å². The van der Waals surface area contributed by atoms with Crippen molar-refractivity contribution in [3.8, 4) is 5.75 Å². The van der Waals surface area contributed by atoms with Crippen LogP contribution in [0.15, 0.2) is 18.2 Å². The molecule has 1 aromatic rings. The number of methoxy groups -OCH3 is 1. The van der Waals surface area contributed by atoms with Gasteiger partial charge in [0.05, 0.1) is 13.7 Å². The largest absolute Gasteiger partial charge is 0.493 e. The van der Waals surface area contributed by atoms with Crippen LogP contribution in [0.3, 0.4) is 0 Å². The summed E-state index contributed by atoms with van der Waals surface area (Å²) in [5.74, 6) is -0.0628. The van der Waals surface area contributed by atoms with Gasteiger partial charge in [0.2, 0.25) is 0 Å². The Morgan fingerprint density at radius 2 is 2.14 bits per heavy atom. The van der Waals surface area contributed by atoms with Gasteiger partial charge in [-0.15, -0.1) is 0 Å². The minimum atomic E-state index is -0.718. The van der Waals surface area contributed by atoms with E-state index in [-0.39, 0.29) is 11.8 Å². The lowest BCUT2D eigenvalue weighted by Crippen LogP contribution is -2.50. The maximum absolute atomic E-state index is 13.1. The van der Waals surface area contributed by atoms with Gasteiger partial charge in [0, 0.05) is 6.07 Å². The number of carbonyl (C=O) groups excluding carboxylic acids is 1. The topological polar surface area (TPSA) is 47.6 Å². The van der Waals surface area contributed by atoms with Crippen molar-refractivity contribution in [2.24, 2.45) is 0 Å². The number of hydrogen-bond acceptors (Lipinski definition) is 4. The smallest absolute Gasteiger partial charge is 0.325 e. The fourth-order valence-electron chi connectivity index (χ4n) is 2.22. The number of nitrogens with one attached hydrogen (secondary N) is 1. The summed E-state index contributed by atoms with van der Waals surface area (Å²) in [6, 6.07) is 4.46. The van der Waals surface area contributed by atoms with Gasteiger partial charge in [0.25, 0.3) is 0 Å². The zero-order valence-corrected chi connectivity index (χ0v) is 13.2. The van der Waals surface area contributed by atoms with Crippen LogP contribution in [0, 0.1) is 12.7 Å². The standard InChI is InChI=1S/C16H24FNO3/c1-5-18-16(3,15(19)20-4)9-6-10-21-14-11-13(17)8-7-12(14)2/h7-8,11,18H,5-6,9-10H2,1-4H3. The van der Waals surface area contributed by atoms with Crippen molar-refractivity contribution in [1.82, 2.24) is 5.32 Å². The molecule has 0 saturated carbocycles. The highest BCUT2D eigenvalue weighted by molar-refractivity contribution is 5.80. The molecule has 1 unspecified atom stereocenters. The SMILES string of the molecule is CCNC(C)(CCCOc1cc(F)ccc1C)C(=O)OC. The predicted octanol–water partition coefficient (Wildman–Crippen LogP) is 2.83.